The van der Waals surface area contributed by atoms with E-state index in [1.54, 1.807) is 0 Å². The second-order valence-corrected chi connectivity index (χ2v) is 5.67. The predicted molar refractivity (Wildman–Crippen MR) is 80.6 cm³/mol. The van der Waals surface area contributed by atoms with Gasteiger partial charge < -0.3 is 19.6 Å². The molecule has 114 valence electrons. The van der Waals surface area contributed by atoms with Gasteiger partial charge in [-0.25, -0.2) is 9.78 Å². The first-order chi connectivity index (χ1) is 9.96. The number of aliphatic hydroxyl groups is 1. The van der Waals surface area contributed by atoms with Crippen molar-refractivity contribution in [1.29, 1.82) is 0 Å². The predicted octanol–water partition coefficient (Wildman–Crippen LogP) is 1.98. The zero-order valence-electron chi connectivity index (χ0n) is 12.2. The topological polar surface area (TPSA) is 84.4 Å². The SMILES string of the molecule is CCOc1ccc2nc(SCC(C)(O)C(=O)OC)[nH]c2c1. The first-order valence-electron chi connectivity index (χ1n) is 6.52. The molecule has 1 unspecified atom stereocenters. The van der Waals surface area contributed by atoms with Gasteiger partial charge in [0.25, 0.3) is 0 Å². The fraction of sp³-hybridized carbons (Fsp3) is 0.429. The molecule has 2 aromatic rings. The number of fused-ring (bicyclic) bond motifs is 1. The highest BCUT2D eigenvalue weighted by Gasteiger charge is 2.31. The van der Waals surface area contributed by atoms with E-state index in [0.717, 1.165) is 16.8 Å². The zero-order valence-corrected chi connectivity index (χ0v) is 13.0. The molecule has 0 aliphatic rings. The van der Waals surface area contributed by atoms with Gasteiger partial charge in [0.2, 0.25) is 0 Å². The van der Waals surface area contributed by atoms with Crippen molar-refractivity contribution in [2.75, 3.05) is 19.5 Å². The van der Waals surface area contributed by atoms with E-state index in [4.69, 9.17) is 4.74 Å². The third kappa shape index (κ3) is 3.68. The van der Waals surface area contributed by atoms with Crippen LogP contribution in [-0.2, 0) is 9.53 Å². The van der Waals surface area contributed by atoms with E-state index in [1.165, 1.54) is 25.8 Å². The molecule has 0 radical (unpaired) electrons. The van der Waals surface area contributed by atoms with Crippen molar-refractivity contribution in [2.24, 2.45) is 0 Å². The molecule has 1 atom stereocenters. The third-order valence-corrected chi connectivity index (χ3v) is 4.03. The molecule has 0 spiro atoms. The van der Waals surface area contributed by atoms with Crippen molar-refractivity contribution in [3.63, 3.8) is 0 Å². The molecule has 1 aromatic carbocycles. The second kappa shape index (κ2) is 6.36. The van der Waals surface area contributed by atoms with Crippen LogP contribution in [0.2, 0.25) is 0 Å². The van der Waals surface area contributed by atoms with Gasteiger partial charge in [-0.1, -0.05) is 11.8 Å². The Hall–Kier alpha value is -1.73. The van der Waals surface area contributed by atoms with Gasteiger partial charge in [-0.05, 0) is 26.0 Å². The van der Waals surface area contributed by atoms with Gasteiger partial charge in [-0.3, -0.25) is 0 Å². The number of ether oxygens (including phenoxy) is 2. The Bertz CT molecular complexity index is 639. The molecule has 7 heteroatoms. The summed E-state index contributed by atoms with van der Waals surface area (Å²) < 4.78 is 9.98. The molecule has 0 amide bonds. The average molecular weight is 310 g/mol. The highest BCUT2D eigenvalue weighted by atomic mass is 32.2. The van der Waals surface area contributed by atoms with Crippen LogP contribution in [0.15, 0.2) is 23.4 Å². The number of rotatable bonds is 6. The highest BCUT2D eigenvalue weighted by Crippen LogP contribution is 2.25. The molecule has 0 aliphatic carbocycles. The van der Waals surface area contributed by atoms with Crippen molar-refractivity contribution in [2.45, 2.75) is 24.6 Å². The van der Waals surface area contributed by atoms with Crippen LogP contribution in [0.1, 0.15) is 13.8 Å². The number of H-pyrrole nitrogens is 1. The Morgan fingerprint density at radius 2 is 2.29 bits per heavy atom. The van der Waals surface area contributed by atoms with E-state index in [1.807, 2.05) is 25.1 Å². The molecular formula is C14H18N2O4S. The standard InChI is InChI=1S/C14H18N2O4S/c1-4-20-9-5-6-10-11(7-9)16-13(15-10)21-8-14(2,18)12(17)19-3/h5-7,18H,4,8H2,1-3H3,(H,15,16). The number of carbonyl (C=O) groups is 1. The third-order valence-electron chi connectivity index (χ3n) is 2.86. The van der Waals surface area contributed by atoms with Crippen molar-refractivity contribution in [1.82, 2.24) is 9.97 Å². The largest absolute Gasteiger partial charge is 0.494 e. The summed E-state index contributed by atoms with van der Waals surface area (Å²) in [7, 11) is 1.25. The summed E-state index contributed by atoms with van der Waals surface area (Å²) in [5.41, 5.74) is 0.106. The number of nitrogens with one attached hydrogen (secondary N) is 1. The molecule has 6 nitrogen and oxygen atoms in total. The van der Waals surface area contributed by atoms with Crippen molar-refractivity contribution in [3.8, 4) is 5.75 Å². The Kier molecular flexibility index (Phi) is 4.74. The number of nitrogens with zero attached hydrogens (tertiary/aromatic N) is 1. The minimum absolute atomic E-state index is 0.151. The van der Waals surface area contributed by atoms with Gasteiger partial charge in [-0.15, -0.1) is 0 Å². The molecule has 1 heterocycles. The highest BCUT2D eigenvalue weighted by molar-refractivity contribution is 7.99. The minimum atomic E-state index is -1.55. The Morgan fingerprint density at radius 1 is 1.52 bits per heavy atom. The van der Waals surface area contributed by atoms with Crippen molar-refractivity contribution < 1.29 is 19.4 Å². The van der Waals surface area contributed by atoms with Crippen LogP contribution in [0.25, 0.3) is 11.0 Å². The van der Waals surface area contributed by atoms with Gasteiger partial charge in [0.1, 0.15) is 5.75 Å². The molecule has 2 rings (SSSR count). The quantitative estimate of drug-likeness (QED) is 0.627. The fourth-order valence-corrected chi connectivity index (χ4v) is 2.66. The number of imidazole rings is 1. The summed E-state index contributed by atoms with van der Waals surface area (Å²) in [4.78, 5) is 18.9. The van der Waals surface area contributed by atoms with Gasteiger partial charge in [-0.2, -0.15) is 0 Å². The smallest absolute Gasteiger partial charge is 0.338 e. The van der Waals surface area contributed by atoms with Crippen LogP contribution in [-0.4, -0.2) is 46.1 Å². The van der Waals surface area contributed by atoms with Gasteiger partial charge in [0.15, 0.2) is 10.8 Å². The normalized spacial score (nSPS) is 13.9. The van der Waals surface area contributed by atoms with Crippen LogP contribution < -0.4 is 4.74 Å². The Morgan fingerprint density at radius 3 is 2.95 bits per heavy atom. The number of esters is 1. The molecule has 0 bridgehead atoms. The summed E-state index contributed by atoms with van der Waals surface area (Å²) in [6, 6.07) is 5.58. The van der Waals surface area contributed by atoms with Gasteiger partial charge in [0.05, 0.1) is 24.8 Å². The van der Waals surface area contributed by atoms with Crippen LogP contribution >= 0.6 is 11.8 Å². The van der Waals surface area contributed by atoms with E-state index in [2.05, 4.69) is 14.7 Å². The van der Waals surface area contributed by atoms with E-state index in [9.17, 15) is 9.90 Å². The maximum absolute atomic E-state index is 11.4. The lowest BCUT2D eigenvalue weighted by Crippen LogP contribution is -2.38. The van der Waals surface area contributed by atoms with Crippen LogP contribution in [0.4, 0.5) is 0 Å². The molecule has 0 fully saturated rings. The number of benzene rings is 1. The zero-order chi connectivity index (χ0) is 15.5. The first-order valence-corrected chi connectivity index (χ1v) is 7.51. The Balaban J connectivity index is 2.11. The minimum Gasteiger partial charge on any atom is -0.494 e. The fourth-order valence-electron chi connectivity index (χ4n) is 1.78. The van der Waals surface area contributed by atoms with Crippen molar-refractivity contribution in [3.05, 3.63) is 18.2 Å². The summed E-state index contributed by atoms with van der Waals surface area (Å²) in [5.74, 6) is 0.258. The number of thioether (sulfide) groups is 1. The number of aromatic amines is 1. The summed E-state index contributed by atoms with van der Waals surface area (Å²) in [6.45, 7) is 3.94. The monoisotopic (exact) mass is 310 g/mol. The lowest BCUT2D eigenvalue weighted by Gasteiger charge is -2.18. The molecule has 0 saturated carbocycles. The first kappa shape index (κ1) is 15.7. The van der Waals surface area contributed by atoms with E-state index < -0.39 is 11.6 Å². The molecule has 0 aliphatic heterocycles. The summed E-state index contributed by atoms with van der Waals surface area (Å²) >= 11 is 1.26. The number of hydrogen-bond donors (Lipinski definition) is 2. The molecular weight excluding hydrogens is 292 g/mol. The molecule has 0 saturated heterocycles. The maximum atomic E-state index is 11.4. The average Bonchev–Trinajstić information content (AvgIpc) is 2.87. The van der Waals surface area contributed by atoms with E-state index in [-0.39, 0.29) is 5.75 Å². The lowest BCUT2D eigenvalue weighted by molar-refractivity contribution is -0.158. The number of aromatic nitrogens is 2. The van der Waals surface area contributed by atoms with Crippen molar-refractivity contribution >= 4 is 28.8 Å². The van der Waals surface area contributed by atoms with E-state index >= 15 is 0 Å². The van der Waals surface area contributed by atoms with Crippen LogP contribution in [0, 0.1) is 0 Å². The Labute approximate surface area is 126 Å². The van der Waals surface area contributed by atoms with Gasteiger partial charge >= 0.3 is 5.97 Å². The maximum Gasteiger partial charge on any atom is 0.338 e. The van der Waals surface area contributed by atoms with Gasteiger partial charge in [0, 0.05) is 11.8 Å². The summed E-state index contributed by atoms with van der Waals surface area (Å²) in [5, 5.41) is 10.6. The summed E-state index contributed by atoms with van der Waals surface area (Å²) in [6.07, 6.45) is 0. The van der Waals surface area contributed by atoms with E-state index in [0.29, 0.717) is 11.8 Å². The number of carbonyl (C=O) groups excluding carboxylic acids is 1. The number of hydrogen-bond acceptors (Lipinski definition) is 6. The number of methoxy groups -OCH3 is 1. The lowest BCUT2D eigenvalue weighted by atomic mass is 10.1. The second-order valence-electron chi connectivity index (χ2n) is 4.71. The molecule has 21 heavy (non-hydrogen) atoms. The van der Waals surface area contributed by atoms with Crippen LogP contribution in [0.5, 0.6) is 5.75 Å². The molecule has 2 N–H and O–H groups in total. The molecule has 1 aromatic heterocycles. The van der Waals surface area contributed by atoms with Crippen LogP contribution in [0.3, 0.4) is 0 Å².